The van der Waals surface area contributed by atoms with Gasteiger partial charge in [0.2, 0.25) is 0 Å². The summed E-state index contributed by atoms with van der Waals surface area (Å²) in [4.78, 5) is 10.9. The molecule has 0 spiro atoms. The first kappa shape index (κ1) is 9.53. The molecule has 2 nitrogen and oxygen atoms in total. The number of halogens is 1. The van der Waals surface area contributed by atoms with Crippen molar-refractivity contribution >= 4 is 17.6 Å². The average Bonchev–Trinajstić information content (AvgIpc) is 2.80. The third kappa shape index (κ3) is 1.30. The Morgan fingerprint density at radius 1 is 1.57 bits per heavy atom. The van der Waals surface area contributed by atoms with Gasteiger partial charge in [-0.15, -0.1) is 0 Å². The minimum Gasteiger partial charge on any atom is -0.481 e. The molecule has 0 unspecified atom stereocenters. The van der Waals surface area contributed by atoms with Gasteiger partial charge in [-0.3, -0.25) is 4.79 Å². The molecule has 1 aliphatic carbocycles. The fourth-order valence-corrected chi connectivity index (χ4v) is 2.08. The van der Waals surface area contributed by atoms with Gasteiger partial charge in [-0.2, -0.15) is 0 Å². The van der Waals surface area contributed by atoms with E-state index in [1.165, 1.54) is 0 Å². The van der Waals surface area contributed by atoms with E-state index in [0.717, 1.165) is 5.56 Å². The number of hydrogen-bond donors (Lipinski definition) is 1. The molecule has 0 radical (unpaired) electrons. The smallest absolute Gasteiger partial charge is 0.309 e. The third-order valence-electron chi connectivity index (χ3n) is 3.01. The standard InChI is InChI=1S/C11H11ClO2/c1-11(10(13)14)6-8(11)7-4-2-3-5-9(7)12/h2-5,8H,6H2,1H3,(H,13,14)/t8-,11-/m1/s1. The van der Waals surface area contributed by atoms with Crippen LogP contribution in [0.4, 0.5) is 0 Å². The second kappa shape index (κ2) is 2.99. The Labute approximate surface area is 87.5 Å². The molecule has 2 rings (SSSR count). The summed E-state index contributed by atoms with van der Waals surface area (Å²) in [6.45, 7) is 1.77. The van der Waals surface area contributed by atoms with E-state index in [1.54, 1.807) is 13.0 Å². The molecule has 1 saturated carbocycles. The molecule has 1 aliphatic rings. The number of carboxylic acids is 1. The van der Waals surface area contributed by atoms with Crippen LogP contribution in [0.2, 0.25) is 5.02 Å². The fraction of sp³-hybridized carbons (Fsp3) is 0.364. The lowest BCUT2D eigenvalue weighted by Crippen LogP contribution is -2.12. The monoisotopic (exact) mass is 210 g/mol. The van der Waals surface area contributed by atoms with E-state index in [0.29, 0.717) is 11.4 Å². The summed E-state index contributed by atoms with van der Waals surface area (Å²) in [5.74, 6) is -0.656. The van der Waals surface area contributed by atoms with Crippen molar-refractivity contribution in [1.82, 2.24) is 0 Å². The predicted octanol–water partition coefficient (Wildman–Crippen LogP) is 2.92. The number of hydrogen-bond acceptors (Lipinski definition) is 1. The van der Waals surface area contributed by atoms with Gasteiger partial charge < -0.3 is 5.11 Å². The first-order valence-electron chi connectivity index (χ1n) is 4.53. The minimum absolute atomic E-state index is 0.0775. The molecule has 0 aliphatic heterocycles. The zero-order chi connectivity index (χ0) is 10.3. The van der Waals surface area contributed by atoms with Crippen LogP contribution in [0, 0.1) is 5.41 Å². The largest absolute Gasteiger partial charge is 0.481 e. The molecule has 0 saturated heterocycles. The van der Waals surface area contributed by atoms with E-state index in [4.69, 9.17) is 16.7 Å². The molecular formula is C11H11ClO2. The number of carbonyl (C=O) groups is 1. The van der Waals surface area contributed by atoms with Crippen molar-refractivity contribution in [3.05, 3.63) is 34.9 Å². The number of benzene rings is 1. The minimum atomic E-state index is -0.734. The van der Waals surface area contributed by atoms with Crippen molar-refractivity contribution in [3.8, 4) is 0 Å². The van der Waals surface area contributed by atoms with Crippen LogP contribution in [0.3, 0.4) is 0 Å². The lowest BCUT2D eigenvalue weighted by atomic mass is 10.0. The van der Waals surface area contributed by atoms with E-state index in [2.05, 4.69) is 0 Å². The zero-order valence-corrected chi connectivity index (χ0v) is 8.58. The van der Waals surface area contributed by atoms with Gasteiger partial charge in [-0.25, -0.2) is 0 Å². The lowest BCUT2D eigenvalue weighted by molar-refractivity contribution is -0.142. The molecule has 1 aromatic carbocycles. The van der Waals surface area contributed by atoms with E-state index in [1.807, 2.05) is 18.2 Å². The Morgan fingerprint density at radius 3 is 2.71 bits per heavy atom. The summed E-state index contributed by atoms with van der Waals surface area (Å²) in [6, 6.07) is 7.45. The molecule has 1 N–H and O–H groups in total. The molecule has 0 heterocycles. The molecule has 0 amide bonds. The first-order valence-corrected chi connectivity index (χ1v) is 4.91. The van der Waals surface area contributed by atoms with E-state index >= 15 is 0 Å². The van der Waals surface area contributed by atoms with Gasteiger partial charge in [0.15, 0.2) is 0 Å². The highest BCUT2D eigenvalue weighted by molar-refractivity contribution is 6.31. The summed E-state index contributed by atoms with van der Waals surface area (Å²) in [5, 5.41) is 9.66. The quantitative estimate of drug-likeness (QED) is 0.815. The summed E-state index contributed by atoms with van der Waals surface area (Å²) in [6.07, 6.45) is 0.687. The second-order valence-corrected chi connectivity index (χ2v) is 4.41. The van der Waals surface area contributed by atoms with E-state index in [-0.39, 0.29) is 5.92 Å². The lowest BCUT2D eigenvalue weighted by Gasteiger charge is -2.06. The van der Waals surface area contributed by atoms with Crippen LogP contribution in [0.25, 0.3) is 0 Å². The van der Waals surface area contributed by atoms with Crippen LogP contribution in [-0.4, -0.2) is 11.1 Å². The summed E-state index contributed by atoms with van der Waals surface area (Å²) in [5.41, 5.74) is 0.351. The van der Waals surface area contributed by atoms with Crippen LogP contribution < -0.4 is 0 Å². The first-order chi connectivity index (χ1) is 6.55. The second-order valence-electron chi connectivity index (χ2n) is 4.00. The Kier molecular flexibility index (Phi) is 2.04. The SMILES string of the molecule is C[C@@]1(C(=O)O)C[C@@H]1c1ccccc1Cl. The molecule has 74 valence electrons. The normalized spacial score (nSPS) is 30.0. The van der Waals surface area contributed by atoms with Crippen LogP contribution in [-0.2, 0) is 4.79 Å². The summed E-state index contributed by atoms with van der Waals surface area (Å²) < 4.78 is 0. The Balaban J connectivity index is 2.29. The van der Waals surface area contributed by atoms with Crippen LogP contribution >= 0.6 is 11.6 Å². The molecule has 3 heteroatoms. The van der Waals surface area contributed by atoms with E-state index < -0.39 is 11.4 Å². The highest BCUT2D eigenvalue weighted by Gasteiger charge is 2.57. The molecule has 1 fully saturated rings. The van der Waals surface area contributed by atoms with Gasteiger partial charge in [-0.1, -0.05) is 29.8 Å². The Hall–Kier alpha value is -1.02. The molecular weight excluding hydrogens is 200 g/mol. The number of aliphatic carboxylic acids is 1. The van der Waals surface area contributed by atoms with Crippen LogP contribution in [0.15, 0.2) is 24.3 Å². The summed E-state index contributed by atoms with van der Waals surface area (Å²) >= 11 is 6.00. The van der Waals surface area contributed by atoms with Crippen molar-refractivity contribution in [1.29, 1.82) is 0 Å². The van der Waals surface area contributed by atoms with Gasteiger partial charge in [0.25, 0.3) is 0 Å². The summed E-state index contributed by atoms with van der Waals surface area (Å²) in [7, 11) is 0. The molecule has 1 aromatic rings. The van der Waals surface area contributed by atoms with Crippen LogP contribution in [0.1, 0.15) is 24.8 Å². The maximum Gasteiger partial charge on any atom is 0.309 e. The van der Waals surface area contributed by atoms with Gasteiger partial charge in [0, 0.05) is 10.9 Å². The van der Waals surface area contributed by atoms with E-state index in [9.17, 15) is 4.79 Å². The molecule has 14 heavy (non-hydrogen) atoms. The Morgan fingerprint density at radius 2 is 2.21 bits per heavy atom. The van der Waals surface area contributed by atoms with Crippen molar-refractivity contribution in [2.45, 2.75) is 19.3 Å². The predicted molar refractivity (Wildman–Crippen MR) is 54.6 cm³/mol. The Bertz CT molecular complexity index is 389. The number of rotatable bonds is 2. The van der Waals surface area contributed by atoms with Crippen molar-refractivity contribution < 1.29 is 9.90 Å². The van der Waals surface area contributed by atoms with Crippen molar-refractivity contribution in [2.75, 3.05) is 0 Å². The van der Waals surface area contributed by atoms with Gasteiger partial charge in [0.1, 0.15) is 0 Å². The highest BCUT2D eigenvalue weighted by atomic mass is 35.5. The van der Waals surface area contributed by atoms with Gasteiger partial charge in [0.05, 0.1) is 5.41 Å². The van der Waals surface area contributed by atoms with Crippen LogP contribution in [0.5, 0.6) is 0 Å². The molecule has 2 atom stereocenters. The zero-order valence-electron chi connectivity index (χ0n) is 7.83. The van der Waals surface area contributed by atoms with Crippen molar-refractivity contribution in [2.24, 2.45) is 5.41 Å². The third-order valence-corrected chi connectivity index (χ3v) is 3.35. The van der Waals surface area contributed by atoms with Gasteiger partial charge in [-0.05, 0) is 25.0 Å². The number of carboxylic acid groups (broad SMARTS) is 1. The topological polar surface area (TPSA) is 37.3 Å². The highest BCUT2D eigenvalue weighted by Crippen LogP contribution is 2.60. The van der Waals surface area contributed by atoms with Crippen molar-refractivity contribution in [3.63, 3.8) is 0 Å². The average molecular weight is 211 g/mol. The fourth-order valence-electron chi connectivity index (χ4n) is 1.81. The molecule has 0 aromatic heterocycles. The maximum atomic E-state index is 10.9. The molecule has 0 bridgehead atoms. The van der Waals surface area contributed by atoms with Gasteiger partial charge >= 0.3 is 5.97 Å². The maximum absolute atomic E-state index is 10.9.